The number of carbonyl (C=O) groups is 2. The van der Waals surface area contributed by atoms with Gasteiger partial charge >= 0.3 is 0 Å². The normalized spacial score (nSPS) is 18.4. The number of anilines is 1. The van der Waals surface area contributed by atoms with Gasteiger partial charge in [0, 0.05) is 18.3 Å². The first-order valence-electron chi connectivity index (χ1n) is 7.45. The minimum Gasteiger partial charge on any atom is -0.339 e. The number of nitrogens with zero attached hydrogens (tertiary/aromatic N) is 1. The van der Waals surface area contributed by atoms with E-state index in [2.05, 4.69) is 12.2 Å². The molecule has 114 valence electrons. The summed E-state index contributed by atoms with van der Waals surface area (Å²) in [5.41, 5.74) is 0.374. The summed E-state index contributed by atoms with van der Waals surface area (Å²) >= 11 is 0. The fourth-order valence-corrected chi connectivity index (χ4v) is 2.76. The summed E-state index contributed by atoms with van der Waals surface area (Å²) in [7, 11) is 0. The van der Waals surface area contributed by atoms with Crippen LogP contribution in [0.15, 0.2) is 24.3 Å². The highest BCUT2D eigenvalue weighted by Gasteiger charge is 2.26. The van der Waals surface area contributed by atoms with Crippen molar-refractivity contribution in [2.75, 3.05) is 11.9 Å². The first-order valence-corrected chi connectivity index (χ1v) is 7.45. The fraction of sp³-hybridized carbons (Fsp3) is 0.500. The van der Waals surface area contributed by atoms with E-state index in [1.807, 2.05) is 4.90 Å². The van der Waals surface area contributed by atoms with Gasteiger partial charge in [-0.1, -0.05) is 13.0 Å². The highest BCUT2D eigenvalue weighted by atomic mass is 19.1. The first-order chi connectivity index (χ1) is 10.1. The Morgan fingerprint density at radius 3 is 2.90 bits per heavy atom. The standard InChI is InChI=1S/C16H21FN2O2/c1-2-14-8-3-4-9-19(14)16(21)11-15(20)18-13-7-5-6-12(17)10-13/h5-7,10,14H,2-4,8-9,11H2,1H3,(H,18,20). The van der Waals surface area contributed by atoms with Gasteiger partial charge in [-0.25, -0.2) is 4.39 Å². The molecule has 0 aliphatic carbocycles. The predicted octanol–water partition coefficient (Wildman–Crippen LogP) is 2.95. The molecule has 0 aromatic heterocycles. The number of likely N-dealkylation sites (tertiary alicyclic amines) is 1. The van der Waals surface area contributed by atoms with Gasteiger partial charge < -0.3 is 10.2 Å². The number of halogens is 1. The van der Waals surface area contributed by atoms with Gasteiger partial charge in [0.2, 0.25) is 11.8 Å². The van der Waals surface area contributed by atoms with Gasteiger partial charge in [0.05, 0.1) is 0 Å². The molecule has 0 saturated carbocycles. The van der Waals surface area contributed by atoms with E-state index in [0.717, 1.165) is 32.2 Å². The monoisotopic (exact) mass is 292 g/mol. The molecule has 5 heteroatoms. The number of hydrogen-bond acceptors (Lipinski definition) is 2. The van der Waals surface area contributed by atoms with Crippen molar-refractivity contribution in [1.82, 2.24) is 4.90 Å². The van der Waals surface area contributed by atoms with Gasteiger partial charge in [-0.05, 0) is 43.9 Å². The first kappa shape index (κ1) is 15.5. The largest absolute Gasteiger partial charge is 0.339 e. The Morgan fingerprint density at radius 1 is 1.38 bits per heavy atom. The molecule has 1 aromatic rings. The van der Waals surface area contributed by atoms with Crippen LogP contribution in [0.4, 0.5) is 10.1 Å². The lowest BCUT2D eigenvalue weighted by molar-refractivity contribution is -0.137. The average molecular weight is 292 g/mol. The third-order valence-electron chi connectivity index (χ3n) is 3.84. The van der Waals surface area contributed by atoms with E-state index >= 15 is 0 Å². The van der Waals surface area contributed by atoms with Crippen LogP contribution in [0.5, 0.6) is 0 Å². The zero-order valence-corrected chi connectivity index (χ0v) is 12.3. The minimum atomic E-state index is -0.416. The second-order valence-corrected chi connectivity index (χ2v) is 5.38. The van der Waals surface area contributed by atoms with Crippen LogP contribution in [0.2, 0.25) is 0 Å². The summed E-state index contributed by atoms with van der Waals surface area (Å²) in [6.07, 6.45) is 3.86. The fourth-order valence-electron chi connectivity index (χ4n) is 2.76. The molecule has 1 heterocycles. The van der Waals surface area contributed by atoms with Crippen molar-refractivity contribution in [3.63, 3.8) is 0 Å². The number of benzene rings is 1. The molecule has 1 aliphatic heterocycles. The minimum absolute atomic E-state index is 0.143. The lowest BCUT2D eigenvalue weighted by atomic mass is 9.99. The summed E-state index contributed by atoms with van der Waals surface area (Å²) < 4.78 is 13.0. The quantitative estimate of drug-likeness (QED) is 0.867. The molecule has 1 N–H and O–H groups in total. The van der Waals surface area contributed by atoms with Gasteiger partial charge in [0.15, 0.2) is 0 Å². The van der Waals surface area contributed by atoms with Crippen LogP contribution >= 0.6 is 0 Å². The Kier molecular flexibility index (Phi) is 5.31. The van der Waals surface area contributed by atoms with Crippen molar-refractivity contribution >= 4 is 17.5 Å². The molecule has 2 amide bonds. The number of nitrogens with one attached hydrogen (secondary N) is 1. The van der Waals surface area contributed by atoms with Gasteiger partial charge in [0.1, 0.15) is 12.2 Å². The highest BCUT2D eigenvalue weighted by Crippen LogP contribution is 2.20. The topological polar surface area (TPSA) is 49.4 Å². The highest BCUT2D eigenvalue weighted by molar-refractivity contribution is 6.03. The Balaban J connectivity index is 1.91. The van der Waals surface area contributed by atoms with E-state index in [4.69, 9.17) is 0 Å². The molecule has 0 spiro atoms. The Bertz CT molecular complexity index is 519. The van der Waals surface area contributed by atoms with E-state index in [-0.39, 0.29) is 18.4 Å². The van der Waals surface area contributed by atoms with Crippen LogP contribution in [0.1, 0.15) is 39.0 Å². The number of rotatable bonds is 4. The maximum Gasteiger partial charge on any atom is 0.233 e. The zero-order chi connectivity index (χ0) is 15.2. The molecule has 4 nitrogen and oxygen atoms in total. The van der Waals surface area contributed by atoms with E-state index in [1.165, 1.54) is 18.2 Å². The predicted molar refractivity (Wildman–Crippen MR) is 79.3 cm³/mol. The Morgan fingerprint density at radius 2 is 2.19 bits per heavy atom. The lowest BCUT2D eigenvalue weighted by Crippen LogP contribution is -2.44. The SMILES string of the molecule is CCC1CCCCN1C(=O)CC(=O)Nc1cccc(F)c1. The lowest BCUT2D eigenvalue weighted by Gasteiger charge is -2.35. The van der Waals surface area contributed by atoms with Crippen molar-refractivity contribution in [2.24, 2.45) is 0 Å². The van der Waals surface area contributed by atoms with Crippen molar-refractivity contribution < 1.29 is 14.0 Å². The molecule has 0 bridgehead atoms. The molecule has 1 atom stereocenters. The summed E-state index contributed by atoms with van der Waals surface area (Å²) in [5, 5.41) is 2.56. The van der Waals surface area contributed by atoms with Crippen molar-refractivity contribution in [3.8, 4) is 0 Å². The molecular formula is C16H21FN2O2. The van der Waals surface area contributed by atoms with E-state index in [1.54, 1.807) is 6.07 Å². The van der Waals surface area contributed by atoms with Crippen LogP contribution in [-0.2, 0) is 9.59 Å². The van der Waals surface area contributed by atoms with Crippen molar-refractivity contribution in [2.45, 2.75) is 45.1 Å². The molecule has 0 radical (unpaired) electrons. The maximum absolute atomic E-state index is 13.0. The average Bonchev–Trinajstić information content (AvgIpc) is 2.47. The zero-order valence-electron chi connectivity index (χ0n) is 12.3. The van der Waals surface area contributed by atoms with Crippen LogP contribution in [0.3, 0.4) is 0 Å². The van der Waals surface area contributed by atoms with E-state index < -0.39 is 11.7 Å². The molecule has 1 aromatic carbocycles. The number of amides is 2. The van der Waals surface area contributed by atoms with E-state index in [0.29, 0.717) is 5.69 Å². The summed E-state index contributed by atoms with van der Waals surface area (Å²) in [6.45, 7) is 2.79. The smallest absolute Gasteiger partial charge is 0.233 e. The third kappa shape index (κ3) is 4.28. The van der Waals surface area contributed by atoms with Crippen LogP contribution in [0, 0.1) is 5.82 Å². The summed E-state index contributed by atoms with van der Waals surface area (Å²) in [4.78, 5) is 25.9. The molecular weight excluding hydrogens is 271 g/mol. The molecule has 1 saturated heterocycles. The third-order valence-corrected chi connectivity index (χ3v) is 3.84. The molecule has 2 rings (SSSR count). The van der Waals surface area contributed by atoms with Crippen molar-refractivity contribution in [1.29, 1.82) is 0 Å². The van der Waals surface area contributed by atoms with Gasteiger partial charge in [-0.15, -0.1) is 0 Å². The molecule has 1 aliphatic rings. The van der Waals surface area contributed by atoms with Crippen LogP contribution in [0.25, 0.3) is 0 Å². The van der Waals surface area contributed by atoms with E-state index in [9.17, 15) is 14.0 Å². The molecule has 21 heavy (non-hydrogen) atoms. The van der Waals surface area contributed by atoms with Crippen LogP contribution < -0.4 is 5.32 Å². The second kappa shape index (κ2) is 7.20. The number of piperidine rings is 1. The maximum atomic E-state index is 13.0. The number of hydrogen-bond donors (Lipinski definition) is 1. The van der Waals surface area contributed by atoms with Gasteiger partial charge in [-0.3, -0.25) is 9.59 Å². The molecule has 1 unspecified atom stereocenters. The number of carbonyl (C=O) groups excluding carboxylic acids is 2. The summed E-state index contributed by atoms with van der Waals surface area (Å²) in [5.74, 6) is -0.956. The Labute approximate surface area is 124 Å². The van der Waals surface area contributed by atoms with Gasteiger partial charge in [-0.2, -0.15) is 0 Å². The molecule has 1 fully saturated rings. The summed E-state index contributed by atoms with van der Waals surface area (Å²) in [6, 6.07) is 5.90. The van der Waals surface area contributed by atoms with Crippen molar-refractivity contribution in [3.05, 3.63) is 30.1 Å². The van der Waals surface area contributed by atoms with Crippen LogP contribution in [-0.4, -0.2) is 29.3 Å². The Hall–Kier alpha value is -1.91. The van der Waals surface area contributed by atoms with Gasteiger partial charge in [0.25, 0.3) is 0 Å². The second-order valence-electron chi connectivity index (χ2n) is 5.38.